The molecule has 0 saturated carbocycles. The quantitative estimate of drug-likeness (QED) is 0.538. The van der Waals surface area contributed by atoms with Gasteiger partial charge in [0.2, 0.25) is 5.82 Å². The van der Waals surface area contributed by atoms with Crippen LogP contribution in [-0.2, 0) is 7.05 Å². The first-order valence-corrected chi connectivity index (χ1v) is 9.46. The molecule has 1 aliphatic heterocycles. The molecule has 0 spiro atoms. The number of rotatable bonds is 2. The van der Waals surface area contributed by atoms with Gasteiger partial charge in [0.05, 0.1) is 17.1 Å². The van der Waals surface area contributed by atoms with Crippen molar-refractivity contribution < 1.29 is 4.79 Å². The zero-order chi connectivity index (χ0) is 19.4. The topological polar surface area (TPSA) is 81.2 Å². The van der Waals surface area contributed by atoms with E-state index in [1.807, 2.05) is 50.1 Å². The maximum absolute atomic E-state index is 13.4. The van der Waals surface area contributed by atoms with Crippen LogP contribution < -0.4 is 0 Å². The first kappa shape index (κ1) is 16.9. The van der Waals surface area contributed by atoms with E-state index in [0.717, 1.165) is 41.1 Å². The van der Waals surface area contributed by atoms with Crippen LogP contribution in [0.4, 0.5) is 0 Å². The lowest BCUT2D eigenvalue weighted by Gasteiger charge is -2.23. The van der Waals surface area contributed by atoms with Gasteiger partial charge < -0.3 is 9.47 Å². The van der Waals surface area contributed by atoms with Crippen LogP contribution in [0.25, 0.3) is 16.8 Å². The number of hydrogen-bond donors (Lipinski definition) is 0. The Kier molecular flexibility index (Phi) is 3.68. The second kappa shape index (κ2) is 6.12. The molecule has 3 aromatic heterocycles. The maximum Gasteiger partial charge on any atom is 0.292 e. The molecule has 1 aromatic carbocycles. The Hall–Kier alpha value is -3.29. The van der Waals surface area contributed by atoms with Gasteiger partial charge in [-0.15, -0.1) is 10.2 Å². The molecule has 0 N–H and O–H groups in total. The van der Waals surface area contributed by atoms with E-state index in [-0.39, 0.29) is 11.9 Å². The monoisotopic (exact) mass is 375 g/mol. The summed E-state index contributed by atoms with van der Waals surface area (Å²) in [6.07, 6.45) is 1.82. The Morgan fingerprint density at radius 2 is 1.96 bits per heavy atom. The molecule has 8 heteroatoms. The average Bonchev–Trinajstić information content (AvgIpc) is 3.38. The zero-order valence-electron chi connectivity index (χ0n) is 16.1. The number of fused-ring (bicyclic) bond motifs is 2. The van der Waals surface area contributed by atoms with E-state index in [1.165, 1.54) is 0 Å². The van der Waals surface area contributed by atoms with Gasteiger partial charge in [-0.3, -0.25) is 9.20 Å². The van der Waals surface area contributed by atoms with Crippen LogP contribution in [0.2, 0.25) is 0 Å². The molecule has 0 bridgehead atoms. The summed E-state index contributed by atoms with van der Waals surface area (Å²) in [6, 6.07) is 9.90. The van der Waals surface area contributed by atoms with Crippen LogP contribution in [0.3, 0.4) is 0 Å². The van der Waals surface area contributed by atoms with E-state index in [2.05, 4.69) is 25.8 Å². The van der Waals surface area contributed by atoms with Gasteiger partial charge in [0.15, 0.2) is 0 Å². The fourth-order valence-corrected chi connectivity index (χ4v) is 4.24. The molecule has 1 saturated heterocycles. The number of aryl methyl sites for hydroxylation is 3. The van der Waals surface area contributed by atoms with Crippen molar-refractivity contribution in [3.05, 3.63) is 53.4 Å². The summed E-state index contributed by atoms with van der Waals surface area (Å²) in [5.74, 6) is 1.55. The number of para-hydroxylation sites is 2. The van der Waals surface area contributed by atoms with E-state index in [1.54, 1.807) is 4.40 Å². The SMILES string of the molecule is Cc1cc(C)n2c(C(=O)N3CCC[C@@H]3c3nc4ccccc4n3C)nnc2n1. The average molecular weight is 375 g/mol. The molecule has 1 fully saturated rings. The third-order valence-corrected chi connectivity index (χ3v) is 5.52. The predicted molar refractivity (Wildman–Crippen MR) is 104 cm³/mol. The second-order valence-electron chi connectivity index (χ2n) is 7.37. The lowest BCUT2D eigenvalue weighted by atomic mass is 10.2. The van der Waals surface area contributed by atoms with E-state index >= 15 is 0 Å². The maximum atomic E-state index is 13.4. The van der Waals surface area contributed by atoms with Crippen LogP contribution in [0.15, 0.2) is 30.3 Å². The van der Waals surface area contributed by atoms with Gasteiger partial charge >= 0.3 is 0 Å². The van der Waals surface area contributed by atoms with Crippen LogP contribution in [0.1, 0.15) is 46.7 Å². The Labute approximate surface area is 161 Å². The minimum atomic E-state index is -0.129. The van der Waals surface area contributed by atoms with Gasteiger partial charge in [-0.05, 0) is 44.9 Å². The summed E-state index contributed by atoms with van der Waals surface area (Å²) >= 11 is 0. The van der Waals surface area contributed by atoms with Crippen molar-refractivity contribution in [3.63, 3.8) is 0 Å². The number of carbonyl (C=O) groups is 1. The molecule has 142 valence electrons. The number of nitrogens with zero attached hydrogens (tertiary/aromatic N) is 7. The minimum absolute atomic E-state index is 0.0732. The van der Waals surface area contributed by atoms with Crippen molar-refractivity contribution in [2.75, 3.05) is 6.54 Å². The molecule has 0 unspecified atom stereocenters. The van der Waals surface area contributed by atoms with Crippen LogP contribution in [0.5, 0.6) is 0 Å². The molecule has 28 heavy (non-hydrogen) atoms. The Morgan fingerprint density at radius 1 is 1.14 bits per heavy atom. The van der Waals surface area contributed by atoms with Crippen molar-refractivity contribution in [1.82, 2.24) is 34.0 Å². The fourth-order valence-electron chi connectivity index (χ4n) is 4.24. The number of imidazole rings is 1. The smallest absolute Gasteiger partial charge is 0.292 e. The van der Waals surface area contributed by atoms with Gasteiger partial charge in [-0.2, -0.15) is 0 Å². The van der Waals surface area contributed by atoms with Crippen LogP contribution >= 0.6 is 0 Å². The number of benzene rings is 1. The lowest BCUT2D eigenvalue weighted by molar-refractivity contribution is 0.0714. The largest absolute Gasteiger partial charge is 0.329 e. The van der Waals surface area contributed by atoms with Crippen molar-refractivity contribution in [3.8, 4) is 0 Å². The number of hydrogen-bond acceptors (Lipinski definition) is 5. The van der Waals surface area contributed by atoms with Crippen LogP contribution in [-0.4, -0.2) is 46.5 Å². The number of likely N-dealkylation sites (tertiary alicyclic amines) is 1. The Bertz CT molecular complexity index is 1220. The summed E-state index contributed by atoms with van der Waals surface area (Å²) in [5.41, 5.74) is 3.77. The highest BCUT2D eigenvalue weighted by molar-refractivity contribution is 5.92. The van der Waals surface area contributed by atoms with E-state index in [0.29, 0.717) is 18.1 Å². The molecular formula is C20H21N7O. The van der Waals surface area contributed by atoms with Gasteiger partial charge in [0.25, 0.3) is 11.7 Å². The molecule has 4 aromatic rings. The summed E-state index contributed by atoms with van der Waals surface area (Å²) in [7, 11) is 2.01. The Morgan fingerprint density at radius 3 is 2.79 bits per heavy atom. The van der Waals surface area contributed by atoms with E-state index in [9.17, 15) is 4.79 Å². The van der Waals surface area contributed by atoms with Crippen molar-refractivity contribution in [2.45, 2.75) is 32.7 Å². The molecular weight excluding hydrogens is 354 g/mol. The second-order valence-corrected chi connectivity index (χ2v) is 7.37. The zero-order valence-corrected chi connectivity index (χ0v) is 16.1. The molecule has 0 aliphatic carbocycles. The van der Waals surface area contributed by atoms with E-state index < -0.39 is 0 Å². The molecule has 8 nitrogen and oxygen atoms in total. The van der Waals surface area contributed by atoms with Gasteiger partial charge in [0, 0.05) is 25.0 Å². The summed E-state index contributed by atoms with van der Waals surface area (Å²) in [5, 5.41) is 8.28. The third-order valence-electron chi connectivity index (χ3n) is 5.52. The van der Waals surface area contributed by atoms with Crippen LogP contribution in [0, 0.1) is 13.8 Å². The normalized spacial score (nSPS) is 17.1. The highest BCUT2D eigenvalue weighted by Crippen LogP contribution is 2.33. The molecule has 1 amide bonds. The predicted octanol–water partition coefficient (Wildman–Crippen LogP) is 2.61. The first-order valence-electron chi connectivity index (χ1n) is 9.46. The van der Waals surface area contributed by atoms with Gasteiger partial charge in [0.1, 0.15) is 5.82 Å². The van der Waals surface area contributed by atoms with Crippen molar-refractivity contribution >= 4 is 22.7 Å². The first-order chi connectivity index (χ1) is 13.5. The summed E-state index contributed by atoms with van der Waals surface area (Å²) in [4.78, 5) is 24.5. The summed E-state index contributed by atoms with van der Waals surface area (Å²) < 4.78 is 3.82. The molecule has 5 rings (SSSR count). The van der Waals surface area contributed by atoms with Gasteiger partial charge in [-0.25, -0.2) is 9.97 Å². The number of aromatic nitrogens is 6. The molecule has 0 radical (unpaired) electrons. The van der Waals surface area contributed by atoms with E-state index in [4.69, 9.17) is 4.98 Å². The van der Waals surface area contributed by atoms with Gasteiger partial charge in [-0.1, -0.05) is 12.1 Å². The minimum Gasteiger partial charge on any atom is -0.329 e. The van der Waals surface area contributed by atoms with Crippen molar-refractivity contribution in [2.24, 2.45) is 7.05 Å². The molecule has 1 atom stereocenters. The lowest BCUT2D eigenvalue weighted by Crippen LogP contribution is -2.33. The molecule has 4 heterocycles. The number of amides is 1. The number of carbonyl (C=O) groups excluding carboxylic acids is 1. The third kappa shape index (κ3) is 2.41. The highest BCUT2D eigenvalue weighted by Gasteiger charge is 2.35. The highest BCUT2D eigenvalue weighted by atomic mass is 16.2. The molecule has 1 aliphatic rings. The van der Waals surface area contributed by atoms with Crippen molar-refractivity contribution in [1.29, 1.82) is 0 Å². The standard InChI is InChI=1S/C20H21N7O/c1-12-11-13(2)27-18(23-24-20(27)21-12)19(28)26-10-6-9-16(26)17-22-14-7-4-5-8-15(14)25(17)3/h4-5,7-8,11,16H,6,9-10H2,1-3H3/t16-/m1/s1. The summed E-state index contributed by atoms with van der Waals surface area (Å²) in [6.45, 7) is 4.53. The Balaban J connectivity index is 1.57. The fraction of sp³-hybridized carbons (Fsp3) is 0.350.